The molecule has 0 radical (unpaired) electrons. The third-order valence-electron chi connectivity index (χ3n) is 4.04. The van der Waals surface area contributed by atoms with E-state index in [1.807, 2.05) is 6.92 Å². The Labute approximate surface area is 115 Å². The van der Waals surface area contributed by atoms with Crippen molar-refractivity contribution < 1.29 is 0 Å². The summed E-state index contributed by atoms with van der Waals surface area (Å²) >= 11 is 6.43. The smallest absolute Gasteiger partial charge is 0.0880 e. The van der Waals surface area contributed by atoms with E-state index >= 15 is 0 Å². The highest BCUT2D eigenvalue weighted by molar-refractivity contribution is 6.22. The highest BCUT2D eigenvalue weighted by Crippen LogP contribution is 2.28. The van der Waals surface area contributed by atoms with E-state index in [0.29, 0.717) is 5.70 Å². The molecule has 0 aliphatic heterocycles. The van der Waals surface area contributed by atoms with Gasteiger partial charge < -0.3 is 0 Å². The summed E-state index contributed by atoms with van der Waals surface area (Å²) in [6.07, 6.45) is 7.74. The fourth-order valence-electron chi connectivity index (χ4n) is 2.41. The van der Waals surface area contributed by atoms with Crippen LogP contribution < -0.4 is 0 Å². The van der Waals surface area contributed by atoms with Gasteiger partial charge in [-0.05, 0) is 56.4 Å². The molecule has 0 heterocycles. The molecule has 1 unspecified atom stereocenters. The first kappa shape index (κ1) is 15.4. The zero-order chi connectivity index (χ0) is 13.5. The number of hydrogen-bond donors (Lipinski definition) is 0. The number of nitroso groups, excluding NO2 is 1. The van der Waals surface area contributed by atoms with E-state index in [4.69, 9.17) is 11.6 Å². The Morgan fingerprint density at radius 2 is 1.61 bits per heavy atom. The monoisotopic (exact) mass is 269 g/mol. The standard InChI is InChI=1S/C15H24ClNO/c1-11-12(2)14(16)9-7-5-4-6-8-10-15(17-18)13(11)3/h14H,4-10H2,1-3H3. The van der Waals surface area contributed by atoms with Crippen molar-refractivity contribution in [3.8, 4) is 0 Å². The Hall–Kier alpha value is -0.630. The van der Waals surface area contributed by atoms with Crippen LogP contribution in [0.1, 0.15) is 65.7 Å². The van der Waals surface area contributed by atoms with Gasteiger partial charge in [-0.2, -0.15) is 0 Å². The lowest BCUT2D eigenvalue weighted by atomic mass is 9.94. The van der Waals surface area contributed by atoms with Gasteiger partial charge >= 0.3 is 0 Å². The highest BCUT2D eigenvalue weighted by Gasteiger charge is 2.14. The van der Waals surface area contributed by atoms with Crippen LogP contribution in [-0.2, 0) is 0 Å². The average Bonchev–Trinajstić information content (AvgIpc) is 2.38. The Balaban J connectivity index is 3.04. The van der Waals surface area contributed by atoms with Gasteiger partial charge in [0.05, 0.1) is 11.1 Å². The van der Waals surface area contributed by atoms with Gasteiger partial charge in [0.25, 0.3) is 0 Å². The van der Waals surface area contributed by atoms with Crippen molar-refractivity contribution in [1.29, 1.82) is 0 Å². The number of nitrogens with zero attached hydrogens (tertiary/aromatic N) is 1. The summed E-state index contributed by atoms with van der Waals surface area (Å²) in [5.74, 6) is 0. The molecule has 0 aromatic rings. The van der Waals surface area contributed by atoms with E-state index in [9.17, 15) is 4.91 Å². The molecule has 0 aromatic carbocycles. The molecular weight excluding hydrogens is 246 g/mol. The molecule has 1 aliphatic carbocycles. The minimum Gasteiger partial charge on any atom is -0.145 e. The predicted molar refractivity (Wildman–Crippen MR) is 78.8 cm³/mol. The van der Waals surface area contributed by atoms with Crippen molar-refractivity contribution >= 4 is 11.6 Å². The maximum atomic E-state index is 11.0. The number of rotatable bonds is 1. The van der Waals surface area contributed by atoms with Crippen molar-refractivity contribution in [2.75, 3.05) is 0 Å². The number of halogens is 1. The lowest BCUT2D eigenvalue weighted by Gasteiger charge is -2.16. The summed E-state index contributed by atoms with van der Waals surface area (Å²) < 4.78 is 0. The van der Waals surface area contributed by atoms with Crippen LogP contribution in [0.2, 0.25) is 0 Å². The minimum absolute atomic E-state index is 0.0901. The van der Waals surface area contributed by atoms with Crippen LogP contribution >= 0.6 is 11.6 Å². The van der Waals surface area contributed by atoms with Gasteiger partial charge in [-0.3, -0.25) is 0 Å². The second-order valence-corrected chi connectivity index (χ2v) is 5.77. The second-order valence-electron chi connectivity index (χ2n) is 5.24. The summed E-state index contributed by atoms with van der Waals surface area (Å²) in [6, 6.07) is 0. The van der Waals surface area contributed by atoms with Crippen molar-refractivity contribution in [2.24, 2.45) is 5.18 Å². The van der Waals surface area contributed by atoms with E-state index in [-0.39, 0.29) is 5.38 Å². The molecule has 1 rings (SSSR count). The molecular formula is C15H24ClNO. The summed E-state index contributed by atoms with van der Waals surface area (Å²) in [7, 11) is 0. The Bertz CT molecular complexity index is 358. The van der Waals surface area contributed by atoms with Crippen LogP contribution in [0.3, 0.4) is 0 Å². The van der Waals surface area contributed by atoms with Crippen LogP contribution in [0.15, 0.2) is 27.6 Å². The summed E-state index contributed by atoms with van der Waals surface area (Å²) in [6.45, 7) is 6.12. The van der Waals surface area contributed by atoms with Crippen molar-refractivity contribution in [2.45, 2.75) is 71.1 Å². The first-order chi connectivity index (χ1) is 8.57. The molecule has 18 heavy (non-hydrogen) atoms. The third-order valence-corrected chi connectivity index (χ3v) is 4.58. The molecule has 0 saturated carbocycles. The molecule has 1 atom stereocenters. The van der Waals surface area contributed by atoms with Gasteiger partial charge in [0.15, 0.2) is 0 Å². The van der Waals surface area contributed by atoms with Crippen LogP contribution in [0, 0.1) is 4.91 Å². The molecule has 0 amide bonds. The van der Waals surface area contributed by atoms with Gasteiger partial charge in [0.1, 0.15) is 0 Å². The van der Waals surface area contributed by atoms with Gasteiger partial charge in [-0.25, -0.2) is 0 Å². The quantitative estimate of drug-likeness (QED) is 0.442. The number of alkyl halides is 1. The Kier molecular flexibility index (Phi) is 6.62. The largest absolute Gasteiger partial charge is 0.145 e. The lowest BCUT2D eigenvalue weighted by Crippen LogP contribution is -2.05. The predicted octanol–water partition coefficient (Wildman–Crippen LogP) is 5.71. The van der Waals surface area contributed by atoms with E-state index in [1.165, 1.54) is 31.3 Å². The van der Waals surface area contributed by atoms with Gasteiger partial charge in [-0.15, -0.1) is 16.5 Å². The first-order valence-electron chi connectivity index (χ1n) is 6.92. The molecule has 102 valence electrons. The molecule has 2 nitrogen and oxygen atoms in total. The molecule has 3 heteroatoms. The molecule has 0 saturated heterocycles. The zero-order valence-corrected chi connectivity index (χ0v) is 12.5. The van der Waals surface area contributed by atoms with E-state index < -0.39 is 0 Å². The Morgan fingerprint density at radius 1 is 1.00 bits per heavy atom. The fourth-order valence-corrected chi connectivity index (χ4v) is 2.73. The van der Waals surface area contributed by atoms with Crippen LogP contribution in [-0.4, -0.2) is 5.38 Å². The van der Waals surface area contributed by atoms with Crippen molar-refractivity contribution in [3.05, 3.63) is 27.3 Å². The SMILES string of the molecule is CC1=C(N=O)CCCCCCCC(Cl)C(C)=C1C. The van der Waals surface area contributed by atoms with Crippen LogP contribution in [0.4, 0.5) is 0 Å². The maximum absolute atomic E-state index is 11.0. The molecule has 0 aromatic heterocycles. The molecule has 0 spiro atoms. The minimum atomic E-state index is 0.0901. The van der Waals surface area contributed by atoms with Crippen molar-refractivity contribution in [1.82, 2.24) is 0 Å². The molecule has 0 bridgehead atoms. The van der Waals surface area contributed by atoms with Gasteiger partial charge in [0, 0.05) is 0 Å². The van der Waals surface area contributed by atoms with E-state index in [0.717, 1.165) is 30.4 Å². The van der Waals surface area contributed by atoms with Gasteiger partial charge in [0.2, 0.25) is 0 Å². The molecule has 1 aliphatic rings. The van der Waals surface area contributed by atoms with E-state index in [1.54, 1.807) is 0 Å². The molecule has 0 fully saturated rings. The molecule has 0 N–H and O–H groups in total. The lowest BCUT2D eigenvalue weighted by molar-refractivity contribution is 0.589. The Morgan fingerprint density at radius 3 is 2.28 bits per heavy atom. The number of allylic oxidation sites excluding steroid dienone is 4. The van der Waals surface area contributed by atoms with Crippen LogP contribution in [0.25, 0.3) is 0 Å². The van der Waals surface area contributed by atoms with Crippen molar-refractivity contribution in [3.63, 3.8) is 0 Å². The first-order valence-corrected chi connectivity index (χ1v) is 7.36. The van der Waals surface area contributed by atoms with Gasteiger partial charge in [-0.1, -0.05) is 31.3 Å². The second kappa shape index (κ2) is 7.73. The van der Waals surface area contributed by atoms with E-state index in [2.05, 4.69) is 19.0 Å². The zero-order valence-electron chi connectivity index (χ0n) is 11.8. The topological polar surface area (TPSA) is 29.4 Å². The fraction of sp³-hybridized carbons (Fsp3) is 0.733. The summed E-state index contributed by atoms with van der Waals surface area (Å²) in [5.41, 5.74) is 4.06. The average molecular weight is 270 g/mol. The summed E-state index contributed by atoms with van der Waals surface area (Å²) in [5, 5.41) is 3.31. The van der Waals surface area contributed by atoms with Crippen LogP contribution in [0.5, 0.6) is 0 Å². The normalized spacial score (nSPS) is 24.6. The highest BCUT2D eigenvalue weighted by atomic mass is 35.5. The number of hydrogen-bond acceptors (Lipinski definition) is 2. The summed E-state index contributed by atoms with van der Waals surface area (Å²) in [4.78, 5) is 11.0. The third kappa shape index (κ3) is 4.24. The maximum Gasteiger partial charge on any atom is 0.0880 e.